The summed E-state index contributed by atoms with van der Waals surface area (Å²) in [5.41, 5.74) is 6.18. The Bertz CT molecular complexity index is 227. The van der Waals surface area contributed by atoms with Crippen LogP contribution in [0.25, 0.3) is 0 Å². The number of benzene rings is 1. The van der Waals surface area contributed by atoms with E-state index in [1.165, 1.54) is 0 Å². The molecule has 0 spiro atoms. The summed E-state index contributed by atoms with van der Waals surface area (Å²) in [4.78, 5) is 0. The predicted molar refractivity (Wildman–Crippen MR) is 48.6 cm³/mol. The van der Waals surface area contributed by atoms with Gasteiger partial charge in [-0.3, -0.25) is 8.74 Å². The fourth-order valence-electron chi connectivity index (χ4n) is 0.453. The molecule has 0 aliphatic rings. The number of rotatable bonds is 1. The van der Waals surface area contributed by atoms with Gasteiger partial charge < -0.3 is 5.73 Å². The first kappa shape index (κ1) is 11.1. The van der Waals surface area contributed by atoms with Gasteiger partial charge >= 0.3 is 11.4 Å². The first-order valence-corrected chi connectivity index (χ1v) is 4.16. The van der Waals surface area contributed by atoms with Crippen molar-refractivity contribution < 1.29 is 12.9 Å². The molecule has 0 saturated carbocycles. The van der Waals surface area contributed by atoms with Gasteiger partial charge in [0.25, 0.3) is 0 Å². The summed E-state index contributed by atoms with van der Waals surface area (Å²) in [6.45, 7) is 0. The van der Waals surface area contributed by atoms with Crippen LogP contribution in [0.4, 0.5) is 5.69 Å². The average Bonchev–Trinajstić information content (AvgIpc) is 2.07. The van der Waals surface area contributed by atoms with Crippen LogP contribution in [0.3, 0.4) is 0 Å². The molecule has 0 aliphatic carbocycles. The van der Waals surface area contributed by atoms with Gasteiger partial charge in [0.15, 0.2) is 0 Å². The van der Waals surface area contributed by atoms with Crippen molar-refractivity contribution in [1.29, 1.82) is 0 Å². The number of nitrogen functional groups attached to an aromatic ring is 1. The molecule has 1 aromatic carbocycles. The van der Waals surface area contributed by atoms with E-state index in [1.807, 2.05) is 30.3 Å². The van der Waals surface area contributed by atoms with Gasteiger partial charge in [-0.15, -0.1) is 0 Å². The van der Waals surface area contributed by atoms with Crippen LogP contribution in [0.15, 0.2) is 30.3 Å². The SMILES string of the molecule is COS(=O)O.Nc1ccccc1. The molecule has 0 heterocycles. The number of anilines is 1. The van der Waals surface area contributed by atoms with Crippen molar-refractivity contribution in [2.24, 2.45) is 0 Å². The van der Waals surface area contributed by atoms with Crippen molar-refractivity contribution in [3.8, 4) is 0 Å². The van der Waals surface area contributed by atoms with Crippen LogP contribution in [0.1, 0.15) is 0 Å². The average molecular weight is 189 g/mol. The Kier molecular flexibility index (Phi) is 6.26. The third-order valence-electron chi connectivity index (χ3n) is 0.942. The second kappa shape index (κ2) is 6.78. The highest BCUT2D eigenvalue weighted by atomic mass is 32.2. The standard InChI is InChI=1S/C6H7N.CH4O3S/c7-6-4-2-1-3-5-6;1-4-5(2)3/h1-5H,7H2;1H3,(H,2,3). The Labute approximate surface area is 73.8 Å². The molecule has 1 atom stereocenters. The monoisotopic (exact) mass is 189 g/mol. The number of hydrogen-bond donors (Lipinski definition) is 2. The van der Waals surface area contributed by atoms with Gasteiger partial charge in [-0.1, -0.05) is 18.2 Å². The van der Waals surface area contributed by atoms with Gasteiger partial charge in [-0.25, -0.2) is 0 Å². The summed E-state index contributed by atoms with van der Waals surface area (Å²) in [5, 5.41) is 0. The van der Waals surface area contributed by atoms with Crippen molar-refractivity contribution in [3.63, 3.8) is 0 Å². The van der Waals surface area contributed by atoms with E-state index in [-0.39, 0.29) is 0 Å². The van der Waals surface area contributed by atoms with Crippen LogP contribution in [0.2, 0.25) is 0 Å². The smallest absolute Gasteiger partial charge is 0.301 e. The summed E-state index contributed by atoms with van der Waals surface area (Å²) in [5.74, 6) is 0. The predicted octanol–water partition coefficient (Wildman–Crippen LogP) is 1.04. The zero-order chi connectivity index (χ0) is 9.40. The summed E-state index contributed by atoms with van der Waals surface area (Å²) in [7, 11) is 1.15. The molecule has 0 aromatic heterocycles. The first-order valence-electron chi connectivity index (χ1n) is 3.12. The molecular weight excluding hydrogens is 178 g/mol. The van der Waals surface area contributed by atoms with E-state index in [2.05, 4.69) is 4.18 Å². The van der Waals surface area contributed by atoms with Crippen LogP contribution >= 0.6 is 0 Å². The van der Waals surface area contributed by atoms with E-state index in [0.29, 0.717) is 0 Å². The van der Waals surface area contributed by atoms with Crippen LogP contribution < -0.4 is 5.73 Å². The summed E-state index contributed by atoms with van der Waals surface area (Å²) in [6.07, 6.45) is 0. The molecule has 0 radical (unpaired) electrons. The van der Waals surface area contributed by atoms with Gasteiger partial charge in [0.1, 0.15) is 0 Å². The normalized spacial score (nSPS) is 11.2. The van der Waals surface area contributed by atoms with E-state index in [4.69, 9.17) is 10.3 Å². The molecule has 0 aliphatic heterocycles. The number of nitrogens with two attached hydrogens (primary N) is 1. The van der Waals surface area contributed by atoms with Gasteiger partial charge in [0.05, 0.1) is 7.11 Å². The van der Waals surface area contributed by atoms with Crippen molar-refractivity contribution in [2.45, 2.75) is 0 Å². The fourth-order valence-corrected chi connectivity index (χ4v) is 0.453. The van der Waals surface area contributed by atoms with Gasteiger partial charge in [0.2, 0.25) is 0 Å². The van der Waals surface area contributed by atoms with Crippen LogP contribution in [0.5, 0.6) is 0 Å². The third-order valence-corrected chi connectivity index (χ3v) is 1.23. The highest BCUT2D eigenvalue weighted by Crippen LogP contribution is 1.95. The molecule has 4 nitrogen and oxygen atoms in total. The Balaban J connectivity index is 0.000000217. The summed E-state index contributed by atoms with van der Waals surface area (Å²) < 4.78 is 20.6. The fraction of sp³-hybridized carbons (Fsp3) is 0.143. The number of hydrogen-bond acceptors (Lipinski definition) is 3. The molecule has 0 bridgehead atoms. The minimum Gasteiger partial charge on any atom is -0.399 e. The number of para-hydroxylation sites is 1. The lowest BCUT2D eigenvalue weighted by molar-refractivity contribution is 0.379. The van der Waals surface area contributed by atoms with Crippen LogP contribution in [-0.4, -0.2) is 15.9 Å². The molecule has 5 heteroatoms. The Morgan fingerprint density at radius 3 is 2.00 bits per heavy atom. The van der Waals surface area contributed by atoms with Gasteiger partial charge in [0, 0.05) is 5.69 Å². The highest BCUT2D eigenvalue weighted by Gasteiger charge is 1.75. The molecule has 68 valence electrons. The second-order valence-corrected chi connectivity index (χ2v) is 2.56. The van der Waals surface area contributed by atoms with E-state index < -0.39 is 11.4 Å². The van der Waals surface area contributed by atoms with Gasteiger partial charge in [-0.2, -0.15) is 4.21 Å². The molecule has 1 unspecified atom stereocenters. The molecule has 0 saturated heterocycles. The largest absolute Gasteiger partial charge is 0.399 e. The minimum atomic E-state index is -2.07. The minimum absolute atomic E-state index is 0.822. The molecule has 0 amide bonds. The lowest BCUT2D eigenvalue weighted by Gasteiger charge is -1.83. The Hall–Kier alpha value is -0.910. The topological polar surface area (TPSA) is 72.5 Å². The molecule has 3 N–H and O–H groups in total. The maximum atomic E-state index is 9.26. The maximum Gasteiger partial charge on any atom is 0.301 e. The zero-order valence-electron chi connectivity index (χ0n) is 6.64. The lowest BCUT2D eigenvalue weighted by atomic mass is 10.3. The third kappa shape index (κ3) is 7.20. The summed E-state index contributed by atoms with van der Waals surface area (Å²) in [6, 6.07) is 9.49. The molecule has 0 fully saturated rings. The van der Waals surface area contributed by atoms with Crippen molar-refractivity contribution in [3.05, 3.63) is 30.3 Å². The maximum absolute atomic E-state index is 9.26. The van der Waals surface area contributed by atoms with Crippen LogP contribution in [0, 0.1) is 0 Å². The van der Waals surface area contributed by atoms with Crippen molar-refractivity contribution in [2.75, 3.05) is 12.8 Å². The van der Waals surface area contributed by atoms with Gasteiger partial charge in [-0.05, 0) is 12.1 Å². The highest BCUT2D eigenvalue weighted by molar-refractivity contribution is 7.74. The molecular formula is C7H11NO3S. The Morgan fingerprint density at radius 1 is 1.42 bits per heavy atom. The van der Waals surface area contributed by atoms with Crippen molar-refractivity contribution in [1.82, 2.24) is 0 Å². The summed E-state index contributed by atoms with van der Waals surface area (Å²) >= 11 is -2.07. The Morgan fingerprint density at radius 2 is 1.83 bits per heavy atom. The molecule has 12 heavy (non-hydrogen) atoms. The van der Waals surface area contributed by atoms with E-state index in [0.717, 1.165) is 12.8 Å². The van der Waals surface area contributed by atoms with Crippen LogP contribution in [-0.2, 0) is 15.5 Å². The molecule has 1 rings (SSSR count). The van der Waals surface area contributed by atoms with Crippen molar-refractivity contribution >= 4 is 17.0 Å². The quantitative estimate of drug-likeness (QED) is 0.511. The second-order valence-electron chi connectivity index (χ2n) is 1.79. The molecule has 1 aromatic rings. The van der Waals surface area contributed by atoms with E-state index >= 15 is 0 Å². The zero-order valence-corrected chi connectivity index (χ0v) is 7.45. The first-order chi connectivity index (χ1) is 5.66. The lowest BCUT2D eigenvalue weighted by Crippen LogP contribution is -1.84. The van der Waals surface area contributed by atoms with E-state index in [9.17, 15) is 4.21 Å². The van der Waals surface area contributed by atoms with E-state index in [1.54, 1.807) is 0 Å².